The summed E-state index contributed by atoms with van der Waals surface area (Å²) < 4.78 is 11.5. The molecule has 106 valence electrons. The van der Waals surface area contributed by atoms with E-state index in [0.29, 0.717) is 28.1 Å². The molecule has 0 aromatic heterocycles. The third-order valence-corrected chi connectivity index (χ3v) is 3.36. The number of carbonyl (C=O) groups excluding carboxylic acids is 1. The van der Waals surface area contributed by atoms with Crippen LogP contribution in [0.25, 0.3) is 0 Å². The lowest BCUT2D eigenvalue weighted by Crippen LogP contribution is -2.31. The fourth-order valence-corrected chi connectivity index (χ4v) is 2.10. The Kier molecular flexibility index (Phi) is 6.15. The topological polar surface area (TPSA) is 47.6 Å². The Hall–Kier alpha value is -1.23. The van der Waals surface area contributed by atoms with E-state index in [9.17, 15) is 4.79 Å². The molecule has 0 aliphatic heterocycles. The standard InChI is InChI=1S/C14H20BrNO3/c1-5-9(3)16-14(17)10-7-11(15)13(19-6-2)12(8-10)18-4/h7-9H,5-6H2,1-4H3,(H,16,17)/t9-/m0/s1. The average molecular weight is 330 g/mol. The van der Waals surface area contributed by atoms with Crippen LogP contribution in [0.5, 0.6) is 11.5 Å². The van der Waals surface area contributed by atoms with Crippen LogP contribution in [-0.2, 0) is 0 Å². The van der Waals surface area contributed by atoms with Crippen molar-refractivity contribution in [2.24, 2.45) is 0 Å². The van der Waals surface area contributed by atoms with Gasteiger partial charge in [0.2, 0.25) is 0 Å². The van der Waals surface area contributed by atoms with Gasteiger partial charge in [0.1, 0.15) is 0 Å². The highest BCUT2D eigenvalue weighted by molar-refractivity contribution is 9.10. The van der Waals surface area contributed by atoms with Crippen molar-refractivity contribution in [3.05, 3.63) is 22.2 Å². The van der Waals surface area contributed by atoms with Crippen molar-refractivity contribution in [3.8, 4) is 11.5 Å². The molecule has 0 radical (unpaired) electrons. The van der Waals surface area contributed by atoms with E-state index >= 15 is 0 Å². The number of hydrogen-bond acceptors (Lipinski definition) is 3. The summed E-state index contributed by atoms with van der Waals surface area (Å²) in [5, 5.41) is 2.92. The predicted molar refractivity (Wildman–Crippen MR) is 79.1 cm³/mol. The molecule has 1 N–H and O–H groups in total. The molecule has 0 aliphatic carbocycles. The van der Waals surface area contributed by atoms with Crippen LogP contribution in [0.1, 0.15) is 37.6 Å². The molecule has 0 fully saturated rings. The van der Waals surface area contributed by atoms with Gasteiger partial charge in [-0.3, -0.25) is 4.79 Å². The molecule has 1 rings (SSSR count). The van der Waals surface area contributed by atoms with Crippen molar-refractivity contribution in [3.63, 3.8) is 0 Å². The van der Waals surface area contributed by atoms with Crippen LogP contribution < -0.4 is 14.8 Å². The monoisotopic (exact) mass is 329 g/mol. The highest BCUT2D eigenvalue weighted by Crippen LogP contribution is 2.36. The third kappa shape index (κ3) is 4.13. The molecule has 0 bridgehead atoms. The quantitative estimate of drug-likeness (QED) is 0.870. The van der Waals surface area contributed by atoms with Gasteiger partial charge in [0, 0.05) is 11.6 Å². The molecule has 1 aromatic rings. The minimum atomic E-state index is -0.114. The number of benzene rings is 1. The van der Waals surface area contributed by atoms with Gasteiger partial charge in [-0.25, -0.2) is 0 Å². The smallest absolute Gasteiger partial charge is 0.251 e. The van der Waals surface area contributed by atoms with Gasteiger partial charge in [-0.15, -0.1) is 0 Å². The molecule has 1 amide bonds. The summed E-state index contributed by atoms with van der Waals surface area (Å²) in [7, 11) is 1.56. The van der Waals surface area contributed by atoms with Crippen molar-refractivity contribution in [2.45, 2.75) is 33.2 Å². The summed E-state index contributed by atoms with van der Waals surface area (Å²) in [6, 6.07) is 3.57. The lowest BCUT2D eigenvalue weighted by molar-refractivity contribution is 0.0939. The number of carbonyl (C=O) groups is 1. The van der Waals surface area contributed by atoms with Crippen LogP contribution in [0, 0.1) is 0 Å². The molecule has 0 heterocycles. The zero-order valence-corrected chi connectivity index (χ0v) is 13.3. The Morgan fingerprint density at radius 1 is 1.42 bits per heavy atom. The number of hydrogen-bond donors (Lipinski definition) is 1. The molecule has 4 nitrogen and oxygen atoms in total. The molecular weight excluding hydrogens is 310 g/mol. The first-order valence-corrected chi connectivity index (χ1v) is 7.13. The molecule has 0 aliphatic rings. The minimum absolute atomic E-state index is 0.114. The molecule has 19 heavy (non-hydrogen) atoms. The van der Waals surface area contributed by atoms with Crippen molar-refractivity contribution < 1.29 is 14.3 Å². The van der Waals surface area contributed by atoms with Gasteiger partial charge >= 0.3 is 0 Å². The van der Waals surface area contributed by atoms with E-state index in [0.717, 1.165) is 6.42 Å². The maximum absolute atomic E-state index is 12.1. The predicted octanol–water partition coefficient (Wildman–Crippen LogP) is 3.38. The van der Waals surface area contributed by atoms with Gasteiger partial charge in [-0.1, -0.05) is 6.92 Å². The summed E-state index contributed by atoms with van der Waals surface area (Å²) in [5.41, 5.74) is 0.549. The van der Waals surface area contributed by atoms with Gasteiger partial charge in [-0.2, -0.15) is 0 Å². The largest absolute Gasteiger partial charge is 0.493 e. The summed E-state index contributed by atoms with van der Waals surface area (Å²) in [5.74, 6) is 1.05. The van der Waals surface area contributed by atoms with Crippen LogP contribution >= 0.6 is 15.9 Å². The van der Waals surface area contributed by atoms with E-state index in [1.54, 1.807) is 19.2 Å². The lowest BCUT2D eigenvalue weighted by atomic mass is 10.1. The number of amides is 1. The number of methoxy groups -OCH3 is 1. The van der Waals surface area contributed by atoms with Gasteiger partial charge in [0.05, 0.1) is 18.2 Å². The van der Waals surface area contributed by atoms with Crippen molar-refractivity contribution in [1.29, 1.82) is 0 Å². The Morgan fingerprint density at radius 3 is 2.63 bits per heavy atom. The van der Waals surface area contributed by atoms with Crippen LogP contribution in [0.4, 0.5) is 0 Å². The van der Waals surface area contributed by atoms with E-state index in [1.807, 2.05) is 20.8 Å². The molecule has 1 aromatic carbocycles. The molecule has 5 heteroatoms. The van der Waals surface area contributed by atoms with E-state index in [1.165, 1.54) is 0 Å². The van der Waals surface area contributed by atoms with Gasteiger partial charge in [0.25, 0.3) is 5.91 Å². The molecule has 0 unspecified atom stereocenters. The molecule has 0 saturated heterocycles. The zero-order valence-electron chi connectivity index (χ0n) is 11.7. The van der Waals surface area contributed by atoms with E-state index < -0.39 is 0 Å². The van der Waals surface area contributed by atoms with Crippen LogP contribution in [0.2, 0.25) is 0 Å². The van der Waals surface area contributed by atoms with Crippen LogP contribution in [-0.4, -0.2) is 25.7 Å². The van der Waals surface area contributed by atoms with Gasteiger partial charge in [-0.05, 0) is 48.3 Å². The summed E-state index contributed by atoms with van der Waals surface area (Å²) >= 11 is 3.41. The van der Waals surface area contributed by atoms with Crippen molar-refractivity contribution in [1.82, 2.24) is 5.32 Å². The molecular formula is C14H20BrNO3. The average Bonchev–Trinajstić information content (AvgIpc) is 2.40. The first kappa shape index (κ1) is 15.8. The second-order valence-electron chi connectivity index (χ2n) is 4.21. The zero-order chi connectivity index (χ0) is 14.4. The first-order valence-electron chi connectivity index (χ1n) is 6.34. The fourth-order valence-electron chi connectivity index (χ4n) is 1.54. The second kappa shape index (κ2) is 7.38. The highest BCUT2D eigenvalue weighted by Gasteiger charge is 2.16. The Labute approximate surface area is 122 Å². The maximum atomic E-state index is 12.1. The normalized spacial score (nSPS) is 11.8. The molecule has 1 atom stereocenters. The van der Waals surface area contributed by atoms with Gasteiger partial charge < -0.3 is 14.8 Å². The SMILES string of the molecule is CCOc1c(Br)cc(C(=O)N[C@@H](C)CC)cc1OC. The summed E-state index contributed by atoms with van der Waals surface area (Å²) in [4.78, 5) is 12.1. The van der Waals surface area contributed by atoms with Crippen molar-refractivity contribution >= 4 is 21.8 Å². The molecule has 0 spiro atoms. The Balaban J connectivity index is 3.04. The fraction of sp³-hybridized carbons (Fsp3) is 0.500. The van der Waals surface area contributed by atoms with E-state index in [4.69, 9.17) is 9.47 Å². The van der Waals surface area contributed by atoms with Crippen LogP contribution in [0.15, 0.2) is 16.6 Å². The number of rotatable bonds is 6. The first-order chi connectivity index (χ1) is 9.03. The third-order valence-electron chi connectivity index (χ3n) is 2.77. The molecule has 0 saturated carbocycles. The Morgan fingerprint density at radius 2 is 2.11 bits per heavy atom. The number of nitrogens with one attached hydrogen (secondary N) is 1. The number of ether oxygens (including phenoxy) is 2. The maximum Gasteiger partial charge on any atom is 0.251 e. The van der Waals surface area contributed by atoms with Crippen molar-refractivity contribution in [2.75, 3.05) is 13.7 Å². The highest BCUT2D eigenvalue weighted by atomic mass is 79.9. The lowest BCUT2D eigenvalue weighted by Gasteiger charge is -2.15. The van der Waals surface area contributed by atoms with E-state index in [2.05, 4.69) is 21.2 Å². The van der Waals surface area contributed by atoms with Gasteiger partial charge in [0.15, 0.2) is 11.5 Å². The minimum Gasteiger partial charge on any atom is -0.493 e. The van der Waals surface area contributed by atoms with E-state index in [-0.39, 0.29) is 11.9 Å². The summed E-state index contributed by atoms with van der Waals surface area (Å²) in [6.45, 7) is 6.43. The second-order valence-corrected chi connectivity index (χ2v) is 5.06. The Bertz CT molecular complexity index is 449. The number of halogens is 1. The summed E-state index contributed by atoms with van der Waals surface area (Å²) in [6.07, 6.45) is 0.890. The van der Waals surface area contributed by atoms with Crippen LogP contribution in [0.3, 0.4) is 0 Å².